The summed E-state index contributed by atoms with van der Waals surface area (Å²) in [6.45, 7) is 5.10. The van der Waals surface area contributed by atoms with Gasteiger partial charge in [-0.25, -0.2) is 4.39 Å². The summed E-state index contributed by atoms with van der Waals surface area (Å²) >= 11 is 0. The molecule has 0 radical (unpaired) electrons. The van der Waals surface area contributed by atoms with Gasteiger partial charge < -0.3 is 9.88 Å². The maximum Gasteiger partial charge on any atom is 0.166 e. The molecule has 40 heavy (non-hydrogen) atoms. The molecular formula is C35H38FN3O. The van der Waals surface area contributed by atoms with Crippen molar-refractivity contribution in [2.75, 3.05) is 31.1 Å². The Morgan fingerprint density at radius 1 is 0.875 bits per heavy atom. The number of likely N-dealkylation sites (tertiary alicyclic amines) is 1. The normalized spacial score (nSPS) is 20.9. The van der Waals surface area contributed by atoms with Gasteiger partial charge in [0.1, 0.15) is 5.82 Å². The van der Waals surface area contributed by atoms with Crippen LogP contribution in [0.4, 0.5) is 10.1 Å². The lowest BCUT2D eigenvalue weighted by atomic mass is 9.85. The zero-order chi connectivity index (χ0) is 27.1. The largest absolute Gasteiger partial charge is 0.370 e. The summed E-state index contributed by atoms with van der Waals surface area (Å²) in [5.74, 6) is 1.48. The molecule has 0 spiro atoms. The van der Waals surface area contributed by atoms with Gasteiger partial charge in [0.05, 0.1) is 16.6 Å². The molecule has 2 fully saturated rings. The van der Waals surface area contributed by atoms with E-state index >= 15 is 0 Å². The van der Waals surface area contributed by atoms with Gasteiger partial charge in [0.25, 0.3) is 0 Å². The number of piperidine rings is 2. The second kappa shape index (κ2) is 10.9. The van der Waals surface area contributed by atoms with Gasteiger partial charge in [-0.3, -0.25) is 9.69 Å². The Kier molecular flexibility index (Phi) is 6.92. The smallest absolute Gasteiger partial charge is 0.166 e. The first-order chi connectivity index (χ1) is 19.6. The van der Waals surface area contributed by atoms with Crippen LogP contribution in [-0.4, -0.2) is 41.8 Å². The molecule has 0 saturated carbocycles. The van der Waals surface area contributed by atoms with Gasteiger partial charge in [-0.1, -0.05) is 54.6 Å². The third kappa shape index (κ3) is 4.96. The highest BCUT2D eigenvalue weighted by molar-refractivity contribution is 6.02. The average molecular weight is 536 g/mol. The first-order valence-corrected chi connectivity index (χ1v) is 15.1. The van der Waals surface area contributed by atoms with Crippen LogP contribution in [0.3, 0.4) is 0 Å². The standard InChI is InChI=1S/C35H38FN3O/c36-31-7-4-8-32-34(31)33(22-37-32)39-17-13-26(14-18-39)27-9-10-30-28(20-27)21-29(35(30)40)19-24-11-15-38(16-12-24)23-25-5-2-1-3-6-25/h1-10,20,22,24,26,29,37H,11-19,21,23H2. The molecule has 2 aliphatic heterocycles. The number of benzene rings is 3. The van der Waals surface area contributed by atoms with E-state index in [9.17, 15) is 9.18 Å². The molecule has 1 atom stereocenters. The fourth-order valence-corrected chi connectivity index (χ4v) is 7.50. The Morgan fingerprint density at radius 2 is 1.68 bits per heavy atom. The number of nitrogens with one attached hydrogen (secondary N) is 1. The molecule has 5 heteroatoms. The summed E-state index contributed by atoms with van der Waals surface area (Å²) in [7, 11) is 0. The van der Waals surface area contributed by atoms with Gasteiger partial charge in [-0.05, 0) is 92.3 Å². The van der Waals surface area contributed by atoms with Crippen molar-refractivity contribution in [3.63, 3.8) is 0 Å². The van der Waals surface area contributed by atoms with Crippen LogP contribution in [0.2, 0.25) is 0 Å². The fourth-order valence-electron chi connectivity index (χ4n) is 7.50. The number of carbonyl (C=O) groups is 1. The van der Waals surface area contributed by atoms with Gasteiger partial charge in [-0.2, -0.15) is 0 Å². The zero-order valence-electron chi connectivity index (χ0n) is 23.1. The summed E-state index contributed by atoms with van der Waals surface area (Å²) in [4.78, 5) is 21.4. The third-order valence-corrected chi connectivity index (χ3v) is 9.75. The molecule has 2 saturated heterocycles. The van der Waals surface area contributed by atoms with Crippen LogP contribution in [-0.2, 0) is 13.0 Å². The Hall–Kier alpha value is -3.44. The summed E-state index contributed by atoms with van der Waals surface area (Å²) < 4.78 is 14.5. The molecule has 206 valence electrons. The quantitative estimate of drug-likeness (QED) is 0.281. The number of anilines is 1. The van der Waals surface area contributed by atoms with E-state index in [0.29, 0.717) is 23.0 Å². The number of carbonyl (C=O) groups excluding carboxylic acids is 1. The lowest BCUT2D eigenvalue weighted by molar-refractivity contribution is 0.0895. The van der Waals surface area contributed by atoms with Crippen molar-refractivity contribution in [2.24, 2.45) is 11.8 Å². The number of hydrogen-bond donors (Lipinski definition) is 1. The monoisotopic (exact) mass is 535 g/mol. The maximum atomic E-state index is 14.5. The lowest BCUT2D eigenvalue weighted by Crippen LogP contribution is -2.34. The third-order valence-electron chi connectivity index (χ3n) is 9.75. The summed E-state index contributed by atoms with van der Waals surface area (Å²) in [6, 6.07) is 22.6. The van der Waals surface area contributed by atoms with E-state index in [2.05, 4.69) is 63.3 Å². The van der Waals surface area contributed by atoms with Crippen molar-refractivity contribution in [1.29, 1.82) is 0 Å². The Balaban J connectivity index is 0.946. The van der Waals surface area contributed by atoms with E-state index < -0.39 is 0 Å². The Morgan fingerprint density at radius 3 is 2.48 bits per heavy atom. The van der Waals surface area contributed by atoms with Crippen LogP contribution in [0.15, 0.2) is 72.9 Å². The molecule has 1 aliphatic carbocycles. The number of nitrogens with zero attached hydrogens (tertiary/aromatic N) is 2. The number of rotatable bonds is 6. The Bertz CT molecular complexity index is 1500. The van der Waals surface area contributed by atoms with Crippen LogP contribution in [0.1, 0.15) is 65.1 Å². The van der Waals surface area contributed by atoms with Crippen molar-refractivity contribution in [3.05, 3.63) is 101 Å². The number of ketones is 1. The topological polar surface area (TPSA) is 39.3 Å². The summed E-state index contributed by atoms with van der Waals surface area (Å²) in [5.41, 5.74) is 6.80. The van der Waals surface area contributed by atoms with Crippen LogP contribution in [0, 0.1) is 17.7 Å². The van der Waals surface area contributed by atoms with Gasteiger partial charge in [0.2, 0.25) is 0 Å². The number of halogens is 1. The molecule has 0 bridgehead atoms. The maximum absolute atomic E-state index is 14.5. The van der Waals surface area contributed by atoms with E-state index in [4.69, 9.17) is 0 Å². The summed E-state index contributed by atoms with van der Waals surface area (Å²) in [6.07, 6.45) is 8.34. The van der Waals surface area contributed by atoms with E-state index in [0.717, 1.165) is 75.2 Å². The number of Topliss-reactive ketones (excluding diaryl/α,β-unsaturated/α-hetero) is 1. The minimum absolute atomic E-state index is 0.148. The minimum Gasteiger partial charge on any atom is -0.370 e. The number of fused-ring (bicyclic) bond motifs is 2. The molecular weight excluding hydrogens is 497 g/mol. The van der Waals surface area contributed by atoms with E-state index in [1.54, 1.807) is 12.1 Å². The van der Waals surface area contributed by atoms with Crippen molar-refractivity contribution < 1.29 is 9.18 Å². The highest BCUT2D eigenvalue weighted by Crippen LogP contribution is 2.39. The van der Waals surface area contributed by atoms with Gasteiger partial charge in [0, 0.05) is 37.3 Å². The highest BCUT2D eigenvalue weighted by atomic mass is 19.1. The van der Waals surface area contributed by atoms with E-state index in [1.807, 2.05) is 12.3 Å². The molecule has 7 rings (SSSR count). The van der Waals surface area contributed by atoms with Crippen molar-refractivity contribution in [1.82, 2.24) is 9.88 Å². The number of H-pyrrole nitrogens is 1. The molecule has 1 unspecified atom stereocenters. The zero-order valence-corrected chi connectivity index (χ0v) is 23.1. The van der Waals surface area contributed by atoms with E-state index in [-0.39, 0.29) is 11.7 Å². The molecule has 1 N–H and O–H groups in total. The Labute approximate surface area is 236 Å². The minimum atomic E-state index is -0.161. The molecule has 4 aromatic rings. The van der Waals surface area contributed by atoms with Crippen LogP contribution < -0.4 is 4.90 Å². The second-order valence-corrected chi connectivity index (χ2v) is 12.2. The van der Waals surface area contributed by atoms with Crippen LogP contribution in [0.25, 0.3) is 10.9 Å². The highest BCUT2D eigenvalue weighted by Gasteiger charge is 2.34. The number of aromatic amines is 1. The molecule has 3 heterocycles. The number of hydrogen-bond acceptors (Lipinski definition) is 3. The van der Waals surface area contributed by atoms with Crippen molar-refractivity contribution in [2.45, 2.75) is 51.0 Å². The van der Waals surface area contributed by atoms with E-state index in [1.165, 1.54) is 29.5 Å². The second-order valence-electron chi connectivity index (χ2n) is 12.2. The predicted molar refractivity (Wildman–Crippen MR) is 159 cm³/mol. The number of aromatic nitrogens is 1. The lowest BCUT2D eigenvalue weighted by Gasteiger charge is -2.33. The fraction of sp³-hybridized carbons (Fsp3) is 0.400. The average Bonchev–Trinajstić information content (AvgIpc) is 3.56. The van der Waals surface area contributed by atoms with Crippen LogP contribution >= 0.6 is 0 Å². The van der Waals surface area contributed by atoms with Gasteiger partial charge >= 0.3 is 0 Å². The molecule has 3 aliphatic rings. The first-order valence-electron chi connectivity index (χ1n) is 15.1. The van der Waals surface area contributed by atoms with Crippen molar-refractivity contribution in [3.8, 4) is 0 Å². The molecule has 1 aromatic heterocycles. The predicted octanol–water partition coefficient (Wildman–Crippen LogP) is 7.35. The molecule has 0 amide bonds. The summed E-state index contributed by atoms with van der Waals surface area (Å²) in [5, 5.41) is 0.699. The molecule has 3 aromatic carbocycles. The van der Waals surface area contributed by atoms with Crippen molar-refractivity contribution >= 4 is 22.4 Å². The van der Waals surface area contributed by atoms with Gasteiger partial charge in [-0.15, -0.1) is 0 Å². The van der Waals surface area contributed by atoms with Crippen LogP contribution in [0.5, 0.6) is 0 Å². The van der Waals surface area contributed by atoms with Gasteiger partial charge in [0.15, 0.2) is 5.78 Å². The molecule has 4 nitrogen and oxygen atoms in total. The SMILES string of the molecule is O=C1c2ccc(C3CCN(c4c[nH]c5cccc(F)c45)CC3)cc2CC1CC1CCN(Cc2ccccc2)CC1. The first kappa shape index (κ1) is 25.5.